The molecule has 8 nitrogen and oxygen atoms in total. The fourth-order valence-electron chi connectivity index (χ4n) is 6.60. The third kappa shape index (κ3) is 8.85. The van der Waals surface area contributed by atoms with E-state index in [2.05, 4.69) is 109 Å². The normalized spacial score (nSPS) is 17.8. The molecule has 1 unspecified atom stereocenters. The first-order chi connectivity index (χ1) is 21.7. The molecule has 0 saturated carbocycles. The highest BCUT2D eigenvalue weighted by atomic mass is 28.3. The minimum absolute atomic E-state index is 0.0909. The summed E-state index contributed by atoms with van der Waals surface area (Å²) in [4.78, 5) is 38.5. The van der Waals surface area contributed by atoms with E-state index in [1.54, 1.807) is 0 Å². The van der Waals surface area contributed by atoms with Gasteiger partial charge in [-0.15, -0.1) is 0 Å². The van der Waals surface area contributed by atoms with E-state index in [0.717, 1.165) is 38.1 Å². The van der Waals surface area contributed by atoms with E-state index >= 15 is 0 Å². The molecule has 0 saturated heterocycles. The van der Waals surface area contributed by atoms with Crippen LogP contribution in [-0.2, 0) is 14.3 Å². The number of amidine groups is 1. The van der Waals surface area contributed by atoms with Crippen molar-refractivity contribution in [1.29, 1.82) is 0 Å². The molecule has 45 heavy (non-hydrogen) atoms. The molecule has 0 bridgehead atoms. The molecule has 4 rings (SSSR count). The summed E-state index contributed by atoms with van der Waals surface area (Å²) in [5.41, 5.74) is 0.188. The Morgan fingerprint density at radius 1 is 0.889 bits per heavy atom. The number of nitrogens with one attached hydrogen (secondary N) is 2. The summed E-state index contributed by atoms with van der Waals surface area (Å²) < 4.78 is 5.69. The van der Waals surface area contributed by atoms with Gasteiger partial charge in [0.2, 0.25) is 5.79 Å². The maximum atomic E-state index is 12.9. The van der Waals surface area contributed by atoms with Crippen LogP contribution >= 0.6 is 0 Å². The van der Waals surface area contributed by atoms with Gasteiger partial charge in [-0.2, -0.15) is 0 Å². The van der Waals surface area contributed by atoms with Crippen molar-refractivity contribution in [3.05, 3.63) is 60.7 Å². The van der Waals surface area contributed by atoms with Crippen molar-refractivity contribution in [2.24, 2.45) is 15.0 Å². The number of fused-ring (bicyclic) bond motifs is 1. The molecule has 2 aliphatic rings. The van der Waals surface area contributed by atoms with Gasteiger partial charge in [-0.25, -0.2) is 15.0 Å². The van der Waals surface area contributed by atoms with Crippen LogP contribution in [0.25, 0.3) is 0 Å². The first-order valence-electron chi connectivity index (χ1n) is 16.8. The van der Waals surface area contributed by atoms with Crippen molar-refractivity contribution < 1.29 is 14.3 Å². The lowest BCUT2D eigenvalue weighted by molar-refractivity contribution is -0.147. The highest BCUT2D eigenvalue weighted by molar-refractivity contribution is 7.04. The zero-order chi connectivity index (χ0) is 32.2. The summed E-state index contributed by atoms with van der Waals surface area (Å²) in [6, 6.07) is 23.1. The predicted molar refractivity (Wildman–Crippen MR) is 187 cm³/mol. The summed E-state index contributed by atoms with van der Waals surface area (Å²) in [6.07, 6.45) is 11.4. The van der Waals surface area contributed by atoms with E-state index in [4.69, 9.17) is 9.73 Å². The van der Waals surface area contributed by atoms with Gasteiger partial charge in [0.15, 0.2) is 11.5 Å². The second-order valence-electron chi connectivity index (χ2n) is 13.3. The number of hydrogen-bond donors (Lipinski definition) is 2. The lowest BCUT2D eigenvalue weighted by atomic mass is 10.1. The second kappa shape index (κ2) is 16.2. The lowest BCUT2D eigenvalue weighted by Gasteiger charge is -2.44. The average molecular weight is 630 g/mol. The molecule has 0 spiro atoms. The quantitative estimate of drug-likeness (QED) is 0.124. The summed E-state index contributed by atoms with van der Waals surface area (Å²) in [6.45, 7) is 9.82. The van der Waals surface area contributed by atoms with Crippen LogP contribution in [0.3, 0.4) is 0 Å². The number of unbranched alkanes of at least 4 members (excludes halogenated alkanes) is 7. The van der Waals surface area contributed by atoms with Crippen molar-refractivity contribution in [3.8, 4) is 0 Å². The van der Waals surface area contributed by atoms with Gasteiger partial charge in [0.1, 0.15) is 21.0 Å². The number of nitrogens with zero attached hydrogens (tertiary/aromatic N) is 3. The standard InChI is InChI=1S/C36H51N5O3Si/c1-5-6-7-8-9-10-17-24-31(42)44-27-36(40-33-32(34(43)41-36)37-28-38-33)39-25-18-19-26-45(35(2,3)4,29-20-13-11-14-21-29)30-22-15-12-16-23-30/h11-16,20-23,28,39H,5-10,17-19,24-27H2,1-4H3,(H,41,43). The largest absolute Gasteiger partial charge is 0.460 e. The highest BCUT2D eigenvalue weighted by Crippen LogP contribution is 2.39. The third-order valence-electron chi connectivity index (χ3n) is 9.05. The number of rotatable bonds is 18. The number of aliphatic imine (C=N–C) groups is 3. The van der Waals surface area contributed by atoms with E-state index in [1.165, 1.54) is 42.4 Å². The first-order valence-corrected chi connectivity index (χ1v) is 19.0. The van der Waals surface area contributed by atoms with Crippen molar-refractivity contribution in [3.63, 3.8) is 0 Å². The van der Waals surface area contributed by atoms with Crippen molar-refractivity contribution in [2.45, 2.75) is 109 Å². The Morgan fingerprint density at radius 2 is 1.51 bits per heavy atom. The van der Waals surface area contributed by atoms with Crippen LogP contribution in [0.1, 0.15) is 91.9 Å². The lowest BCUT2D eigenvalue weighted by Crippen LogP contribution is -2.65. The molecule has 0 aromatic heterocycles. The van der Waals surface area contributed by atoms with Gasteiger partial charge in [-0.3, -0.25) is 14.9 Å². The van der Waals surface area contributed by atoms with Gasteiger partial charge in [0.25, 0.3) is 5.91 Å². The van der Waals surface area contributed by atoms with Gasteiger partial charge < -0.3 is 10.1 Å². The molecule has 0 fully saturated rings. The zero-order valence-corrected chi connectivity index (χ0v) is 28.6. The maximum absolute atomic E-state index is 12.9. The van der Waals surface area contributed by atoms with E-state index in [0.29, 0.717) is 13.0 Å². The Kier molecular flexibility index (Phi) is 12.4. The monoisotopic (exact) mass is 629 g/mol. The number of esters is 1. The summed E-state index contributed by atoms with van der Waals surface area (Å²) in [7, 11) is -2.17. The van der Waals surface area contributed by atoms with Gasteiger partial charge in [0, 0.05) is 6.42 Å². The van der Waals surface area contributed by atoms with Gasteiger partial charge in [-0.1, -0.05) is 144 Å². The SMILES string of the molecule is CCCCCCCCCC(=O)OCC1(NCCCC[Si](c2ccccc2)(c2ccccc2)C(C)(C)C)N=C2N=CN=C2C(=O)N1. The Balaban J connectivity index is 1.40. The first kappa shape index (κ1) is 34.4. The third-order valence-corrected chi connectivity index (χ3v) is 15.3. The number of ether oxygens (including phenoxy) is 1. The van der Waals surface area contributed by atoms with Gasteiger partial charge >= 0.3 is 5.97 Å². The molecule has 1 atom stereocenters. The fraction of sp³-hybridized carbons (Fsp3) is 0.528. The van der Waals surface area contributed by atoms with Gasteiger partial charge in [0.05, 0.1) is 0 Å². The summed E-state index contributed by atoms with van der Waals surface area (Å²) in [5.74, 6) is -1.66. The second-order valence-corrected chi connectivity index (χ2v) is 18.2. The number of carbonyl (C=O) groups excluding carboxylic acids is 2. The smallest absolute Gasteiger partial charge is 0.305 e. The molecule has 2 aliphatic heterocycles. The van der Waals surface area contributed by atoms with E-state index in [-0.39, 0.29) is 35.1 Å². The predicted octanol–water partition coefficient (Wildman–Crippen LogP) is 5.77. The number of hydrogen-bond acceptors (Lipinski definition) is 7. The van der Waals surface area contributed by atoms with E-state index in [1.807, 2.05) is 0 Å². The maximum Gasteiger partial charge on any atom is 0.305 e. The summed E-state index contributed by atoms with van der Waals surface area (Å²) >= 11 is 0. The van der Waals surface area contributed by atoms with E-state index in [9.17, 15) is 9.59 Å². The average Bonchev–Trinajstić information content (AvgIpc) is 3.51. The Bertz CT molecular complexity index is 1310. The van der Waals surface area contributed by atoms with Crippen LogP contribution in [0.2, 0.25) is 11.1 Å². The van der Waals surface area contributed by atoms with Crippen molar-refractivity contribution in [2.75, 3.05) is 13.2 Å². The molecule has 0 radical (unpaired) electrons. The summed E-state index contributed by atoms with van der Waals surface area (Å²) in [5, 5.41) is 9.32. The van der Waals surface area contributed by atoms with Crippen molar-refractivity contribution in [1.82, 2.24) is 10.6 Å². The molecular formula is C36H51N5O3Si. The Hall–Kier alpha value is -3.43. The molecule has 0 aliphatic carbocycles. The molecule has 9 heteroatoms. The van der Waals surface area contributed by atoms with Gasteiger partial charge in [-0.05, 0) is 30.5 Å². The molecule has 2 heterocycles. The van der Waals surface area contributed by atoms with Crippen molar-refractivity contribution >= 4 is 48.2 Å². The Morgan fingerprint density at radius 3 is 2.13 bits per heavy atom. The van der Waals surface area contributed by atoms with Crippen LogP contribution in [0.15, 0.2) is 75.6 Å². The topological polar surface area (TPSA) is 105 Å². The zero-order valence-electron chi connectivity index (χ0n) is 27.6. The molecule has 1 amide bonds. The molecule has 2 aromatic carbocycles. The molecule has 2 aromatic rings. The van der Waals surface area contributed by atoms with E-state index < -0.39 is 13.9 Å². The van der Waals surface area contributed by atoms with Crippen LogP contribution in [0, 0.1) is 0 Å². The fourth-order valence-corrected chi connectivity index (χ4v) is 12.3. The molecule has 242 valence electrons. The van der Waals surface area contributed by atoms with Crippen LogP contribution < -0.4 is 21.0 Å². The number of benzene rings is 2. The number of carbonyl (C=O) groups is 2. The minimum atomic E-state index is -2.17. The highest BCUT2D eigenvalue weighted by Gasteiger charge is 2.47. The van der Waals surface area contributed by atoms with Crippen LogP contribution in [0.5, 0.6) is 0 Å². The number of amides is 1. The Labute approximate surface area is 270 Å². The van der Waals surface area contributed by atoms with Crippen LogP contribution in [-0.4, -0.2) is 56.8 Å². The van der Waals surface area contributed by atoms with Crippen LogP contribution in [0.4, 0.5) is 0 Å². The molecular weight excluding hydrogens is 579 g/mol. The minimum Gasteiger partial charge on any atom is -0.460 e. The molecule has 2 N–H and O–H groups in total.